The van der Waals surface area contributed by atoms with Gasteiger partial charge in [0.1, 0.15) is 0 Å². The van der Waals surface area contributed by atoms with E-state index < -0.39 is 11.8 Å². The van der Waals surface area contributed by atoms with Gasteiger partial charge in [0, 0.05) is 29.2 Å². The second-order valence-corrected chi connectivity index (χ2v) is 10.6. The predicted octanol–water partition coefficient (Wildman–Crippen LogP) is 7.32. The third kappa shape index (κ3) is 7.00. The maximum atomic E-state index is 14.1. The molecule has 206 valence electrons. The van der Waals surface area contributed by atoms with Crippen molar-refractivity contribution in [2.45, 2.75) is 25.9 Å². The first-order valence-electron chi connectivity index (χ1n) is 13.7. The number of benzene rings is 4. The number of amides is 2. The van der Waals surface area contributed by atoms with Crippen molar-refractivity contribution in [3.8, 4) is 0 Å². The molecular formula is C35H31ClN2O3. The first kappa shape index (κ1) is 28.1. The summed E-state index contributed by atoms with van der Waals surface area (Å²) in [5.41, 5.74) is 3.22. The van der Waals surface area contributed by atoms with Crippen LogP contribution in [0.1, 0.15) is 39.9 Å². The summed E-state index contributed by atoms with van der Waals surface area (Å²) in [6.07, 6.45) is 4.82. The molecule has 0 aliphatic heterocycles. The van der Waals surface area contributed by atoms with E-state index in [0.717, 1.165) is 11.1 Å². The number of allylic oxidation sites excluding steroid dienone is 2. The van der Waals surface area contributed by atoms with Gasteiger partial charge in [0.05, 0.1) is 17.5 Å². The van der Waals surface area contributed by atoms with Crippen LogP contribution >= 0.6 is 11.6 Å². The number of halogens is 1. The van der Waals surface area contributed by atoms with Gasteiger partial charge in [-0.2, -0.15) is 0 Å². The summed E-state index contributed by atoms with van der Waals surface area (Å²) in [5.74, 6) is -1.73. The van der Waals surface area contributed by atoms with Gasteiger partial charge in [-0.25, -0.2) is 0 Å². The highest BCUT2D eigenvalue weighted by Gasteiger charge is 2.37. The zero-order valence-electron chi connectivity index (χ0n) is 22.6. The molecule has 2 atom stereocenters. The number of ketones is 1. The number of carbonyl (C=O) groups is 3. The van der Waals surface area contributed by atoms with Crippen molar-refractivity contribution >= 4 is 34.9 Å². The van der Waals surface area contributed by atoms with Crippen LogP contribution in [0.5, 0.6) is 0 Å². The van der Waals surface area contributed by atoms with E-state index in [9.17, 15) is 14.4 Å². The Labute approximate surface area is 245 Å². The Morgan fingerprint density at radius 1 is 0.707 bits per heavy atom. The van der Waals surface area contributed by atoms with Gasteiger partial charge in [-0.05, 0) is 42.2 Å². The first-order valence-corrected chi connectivity index (χ1v) is 14.1. The summed E-state index contributed by atoms with van der Waals surface area (Å²) in [6, 6.07) is 33.5. The van der Waals surface area contributed by atoms with Crippen molar-refractivity contribution in [3.05, 3.63) is 149 Å². The van der Waals surface area contributed by atoms with Crippen molar-refractivity contribution in [2.24, 2.45) is 11.8 Å². The van der Waals surface area contributed by atoms with Crippen LogP contribution in [0.25, 0.3) is 0 Å². The third-order valence-electron chi connectivity index (χ3n) is 7.35. The van der Waals surface area contributed by atoms with Crippen molar-refractivity contribution in [1.29, 1.82) is 0 Å². The SMILES string of the molecule is O=C(c1ccccc1)c1cc(Cl)ccc1NC(=O)C1CC=CCC1C(=O)N(Cc1ccccc1)Cc1ccccc1. The molecule has 0 saturated carbocycles. The van der Waals surface area contributed by atoms with Crippen LogP contribution in [0.3, 0.4) is 0 Å². The van der Waals surface area contributed by atoms with Gasteiger partial charge in [-0.3, -0.25) is 14.4 Å². The van der Waals surface area contributed by atoms with Crippen molar-refractivity contribution in [2.75, 3.05) is 5.32 Å². The largest absolute Gasteiger partial charge is 0.334 e. The lowest BCUT2D eigenvalue weighted by Crippen LogP contribution is -2.42. The van der Waals surface area contributed by atoms with Crippen LogP contribution in [0.2, 0.25) is 5.02 Å². The molecule has 0 fully saturated rings. The van der Waals surface area contributed by atoms with Gasteiger partial charge < -0.3 is 10.2 Å². The minimum Gasteiger partial charge on any atom is -0.334 e. The molecule has 2 amide bonds. The molecule has 0 aromatic heterocycles. The smallest absolute Gasteiger partial charge is 0.228 e. The molecule has 5 rings (SSSR count). The molecule has 1 aliphatic rings. The van der Waals surface area contributed by atoms with E-state index in [1.807, 2.05) is 83.8 Å². The van der Waals surface area contributed by atoms with E-state index in [0.29, 0.717) is 47.8 Å². The second-order valence-electron chi connectivity index (χ2n) is 10.2. The number of carbonyl (C=O) groups excluding carboxylic acids is 3. The Morgan fingerprint density at radius 3 is 1.83 bits per heavy atom. The lowest BCUT2D eigenvalue weighted by molar-refractivity contribution is -0.142. The van der Waals surface area contributed by atoms with Crippen LogP contribution in [0.4, 0.5) is 5.69 Å². The summed E-state index contributed by atoms with van der Waals surface area (Å²) in [5, 5.41) is 3.35. The molecule has 0 spiro atoms. The number of hydrogen-bond acceptors (Lipinski definition) is 3. The summed E-state index contributed by atoms with van der Waals surface area (Å²) in [6.45, 7) is 0.881. The summed E-state index contributed by atoms with van der Waals surface area (Å²) < 4.78 is 0. The number of nitrogens with one attached hydrogen (secondary N) is 1. The molecule has 2 unspecified atom stereocenters. The van der Waals surface area contributed by atoms with E-state index in [2.05, 4.69) is 5.32 Å². The number of anilines is 1. The van der Waals surface area contributed by atoms with Gasteiger partial charge in [-0.15, -0.1) is 0 Å². The van der Waals surface area contributed by atoms with E-state index in [-0.39, 0.29) is 17.6 Å². The quantitative estimate of drug-likeness (QED) is 0.172. The first-order chi connectivity index (χ1) is 20.0. The topological polar surface area (TPSA) is 66.5 Å². The summed E-state index contributed by atoms with van der Waals surface area (Å²) >= 11 is 6.24. The zero-order chi connectivity index (χ0) is 28.6. The molecule has 1 N–H and O–H groups in total. The Kier molecular flexibility index (Phi) is 9.07. The minimum absolute atomic E-state index is 0.0705. The van der Waals surface area contributed by atoms with Crippen LogP contribution in [0, 0.1) is 11.8 Å². The van der Waals surface area contributed by atoms with Crippen LogP contribution < -0.4 is 5.32 Å². The normalized spacial score (nSPS) is 16.1. The third-order valence-corrected chi connectivity index (χ3v) is 7.59. The average molecular weight is 563 g/mol. The molecule has 0 heterocycles. The molecule has 1 aliphatic carbocycles. The molecule has 6 heteroatoms. The fourth-order valence-electron chi connectivity index (χ4n) is 5.21. The maximum Gasteiger partial charge on any atom is 0.228 e. The van der Waals surface area contributed by atoms with Crippen molar-refractivity contribution < 1.29 is 14.4 Å². The monoisotopic (exact) mass is 562 g/mol. The number of rotatable bonds is 9. The Hall–Kier alpha value is -4.48. The molecule has 0 bridgehead atoms. The Bertz CT molecular complexity index is 1500. The van der Waals surface area contributed by atoms with E-state index >= 15 is 0 Å². The molecule has 41 heavy (non-hydrogen) atoms. The van der Waals surface area contributed by atoms with Gasteiger partial charge in [-0.1, -0.05) is 115 Å². The lowest BCUT2D eigenvalue weighted by Gasteiger charge is -2.32. The Balaban J connectivity index is 1.39. The minimum atomic E-state index is -0.586. The fourth-order valence-corrected chi connectivity index (χ4v) is 5.39. The highest BCUT2D eigenvalue weighted by molar-refractivity contribution is 6.31. The number of nitrogens with zero attached hydrogens (tertiary/aromatic N) is 1. The van der Waals surface area contributed by atoms with Crippen molar-refractivity contribution in [1.82, 2.24) is 4.90 Å². The van der Waals surface area contributed by atoms with Gasteiger partial charge >= 0.3 is 0 Å². The predicted molar refractivity (Wildman–Crippen MR) is 162 cm³/mol. The van der Waals surface area contributed by atoms with E-state index in [4.69, 9.17) is 11.6 Å². The summed E-state index contributed by atoms with van der Waals surface area (Å²) in [4.78, 5) is 43.0. The number of hydrogen-bond donors (Lipinski definition) is 1. The van der Waals surface area contributed by atoms with Gasteiger partial charge in [0.15, 0.2) is 5.78 Å². The van der Waals surface area contributed by atoms with Crippen LogP contribution in [0.15, 0.2) is 121 Å². The van der Waals surface area contributed by atoms with Gasteiger partial charge in [0.25, 0.3) is 0 Å². The zero-order valence-corrected chi connectivity index (χ0v) is 23.3. The van der Waals surface area contributed by atoms with Crippen molar-refractivity contribution in [3.63, 3.8) is 0 Å². The van der Waals surface area contributed by atoms with Gasteiger partial charge in [0.2, 0.25) is 11.8 Å². The molecular weight excluding hydrogens is 532 g/mol. The molecule has 4 aromatic carbocycles. The fraction of sp³-hybridized carbons (Fsp3) is 0.171. The molecule has 0 saturated heterocycles. The average Bonchev–Trinajstić information content (AvgIpc) is 3.02. The van der Waals surface area contributed by atoms with Crippen LogP contribution in [-0.4, -0.2) is 22.5 Å². The maximum absolute atomic E-state index is 14.1. The Morgan fingerprint density at radius 2 is 1.24 bits per heavy atom. The standard InChI is InChI=1S/C35H31ClN2O3/c36-28-20-21-32(31(22-28)33(39)27-16-8-3-9-17-27)37-34(40)29-18-10-11-19-30(29)35(41)38(23-25-12-4-1-5-13-25)24-26-14-6-2-7-15-26/h1-17,20-22,29-30H,18-19,23-24H2,(H,37,40). The lowest BCUT2D eigenvalue weighted by atomic mass is 9.81. The summed E-state index contributed by atoms with van der Waals surface area (Å²) in [7, 11) is 0. The highest BCUT2D eigenvalue weighted by atomic mass is 35.5. The molecule has 0 radical (unpaired) electrons. The highest BCUT2D eigenvalue weighted by Crippen LogP contribution is 2.31. The second kappa shape index (κ2) is 13.2. The molecule has 4 aromatic rings. The van der Waals surface area contributed by atoms with E-state index in [1.165, 1.54) is 0 Å². The van der Waals surface area contributed by atoms with Crippen LogP contribution in [-0.2, 0) is 22.7 Å². The van der Waals surface area contributed by atoms with E-state index in [1.54, 1.807) is 42.5 Å². The molecule has 5 nitrogen and oxygen atoms in total.